The lowest BCUT2D eigenvalue weighted by molar-refractivity contribution is -0.122. The van der Waals surface area contributed by atoms with Crippen molar-refractivity contribution in [1.29, 1.82) is 0 Å². The molecule has 0 saturated heterocycles. The lowest BCUT2D eigenvalue weighted by Crippen LogP contribution is -2.27. The number of amides is 1. The molecule has 1 amide bonds. The molecule has 0 radical (unpaired) electrons. The number of nitrogens with one attached hydrogen (secondary N) is 1. The van der Waals surface area contributed by atoms with Gasteiger partial charge in [0.25, 0.3) is 0 Å². The van der Waals surface area contributed by atoms with Gasteiger partial charge in [-0.25, -0.2) is 4.68 Å². The quantitative estimate of drug-likeness (QED) is 0.920. The van der Waals surface area contributed by atoms with E-state index in [0.717, 1.165) is 11.4 Å². The minimum atomic E-state index is -0.0165. The molecule has 2 aromatic rings. The van der Waals surface area contributed by atoms with Gasteiger partial charge in [0.2, 0.25) is 5.91 Å². The van der Waals surface area contributed by atoms with Crippen molar-refractivity contribution in [2.45, 2.75) is 33.7 Å². The van der Waals surface area contributed by atoms with Crippen molar-refractivity contribution in [3.8, 4) is 5.69 Å². The summed E-state index contributed by atoms with van der Waals surface area (Å²) in [6.45, 7) is 6.48. The molecule has 6 heteroatoms. The fourth-order valence-electron chi connectivity index (χ4n) is 1.73. The van der Waals surface area contributed by atoms with E-state index in [1.807, 2.05) is 32.9 Å². The van der Waals surface area contributed by atoms with Gasteiger partial charge < -0.3 is 5.32 Å². The number of carbonyl (C=O) groups excluding carboxylic acids is 1. The summed E-state index contributed by atoms with van der Waals surface area (Å²) in [7, 11) is 0. The SMILES string of the molecule is CC(C)(C)CC(=O)NCc1cn(-c2cccnc2)nn1. The van der Waals surface area contributed by atoms with Gasteiger partial charge in [-0.2, -0.15) is 0 Å². The Morgan fingerprint density at radius 2 is 2.20 bits per heavy atom. The van der Waals surface area contributed by atoms with Crippen LogP contribution in [0.1, 0.15) is 32.9 Å². The van der Waals surface area contributed by atoms with E-state index in [1.54, 1.807) is 23.3 Å². The summed E-state index contributed by atoms with van der Waals surface area (Å²) < 4.78 is 1.64. The second kappa shape index (κ2) is 5.81. The van der Waals surface area contributed by atoms with Crippen molar-refractivity contribution in [1.82, 2.24) is 25.3 Å². The highest BCUT2D eigenvalue weighted by molar-refractivity contribution is 5.76. The van der Waals surface area contributed by atoms with Gasteiger partial charge >= 0.3 is 0 Å². The molecule has 2 aromatic heterocycles. The maximum atomic E-state index is 11.7. The van der Waals surface area contributed by atoms with Gasteiger partial charge in [-0.1, -0.05) is 26.0 Å². The van der Waals surface area contributed by atoms with Gasteiger partial charge in [-0.15, -0.1) is 5.10 Å². The van der Waals surface area contributed by atoms with E-state index in [4.69, 9.17) is 0 Å². The molecule has 0 unspecified atom stereocenters. The topological polar surface area (TPSA) is 72.7 Å². The zero-order chi connectivity index (χ0) is 14.6. The van der Waals surface area contributed by atoms with Crippen molar-refractivity contribution in [3.05, 3.63) is 36.4 Å². The van der Waals surface area contributed by atoms with Crippen LogP contribution in [0.4, 0.5) is 0 Å². The Bertz CT molecular complexity index is 571. The number of pyridine rings is 1. The summed E-state index contributed by atoms with van der Waals surface area (Å²) in [5, 5.41) is 10.9. The van der Waals surface area contributed by atoms with E-state index >= 15 is 0 Å². The highest BCUT2D eigenvalue weighted by Crippen LogP contribution is 2.17. The predicted molar refractivity (Wildman–Crippen MR) is 75.1 cm³/mol. The number of rotatable bonds is 4. The first-order valence-corrected chi connectivity index (χ1v) is 6.52. The third-order valence-corrected chi connectivity index (χ3v) is 2.61. The summed E-state index contributed by atoms with van der Waals surface area (Å²) in [4.78, 5) is 15.8. The van der Waals surface area contributed by atoms with Crippen molar-refractivity contribution in [2.24, 2.45) is 5.41 Å². The largest absolute Gasteiger partial charge is 0.350 e. The smallest absolute Gasteiger partial charge is 0.220 e. The number of aromatic nitrogens is 4. The summed E-state index contributed by atoms with van der Waals surface area (Å²) in [6, 6.07) is 3.73. The van der Waals surface area contributed by atoms with Crippen LogP contribution in [0.3, 0.4) is 0 Å². The predicted octanol–water partition coefficient (Wildman–Crippen LogP) is 1.71. The monoisotopic (exact) mass is 273 g/mol. The molecule has 0 aliphatic rings. The van der Waals surface area contributed by atoms with Crippen LogP contribution in [0.15, 0.2) is 30.7 Å². The minimum Gasteiger partial charge on any atom is -0.350 e. The zero-order valence-corrected chi connectivity index (χ0v) is 12.0. The van der Waals surface area contributed by atoms with Crippen molar-refractivity contribution >= 4 is 5.91 Å². The Kier molecular flexibility index (Phi) is 4.12. The normalized spacial score (nSPS) is 11.3. The van der Waals surface area contributed by atoms with E-state index < -0.39 is 0 Å². The second-order valence-electron chi connectivity index (χ2n) is 5.88. The molecule has 2 rings (SSSR count). The van der Waals surface area contributed by atoms with Crippen molar-refractivity contribution in [2.75, 3.05) is 0 Å². The molecule has 0 spiro atoms. The first kappa shape index (κ1) is 14.2. The summed E-state index contributed by atoms with van der Waals surface area (Å²) in [5.74, 6) is 0.0217. The average Bonchev–Trinajstić information content (AvgIpc) is 2.84. The average molecular weight is 273 g/mol. The molecule has 6 nitrogen and oxygen atoms in total. The first-order valence-electron chi connectivity index (χ1n) is 6.52. The Morgan fingerprint density at radius 3 is 2.85 bits per heavy atom. The molecule has 0 bridgehead atoms. The Labute approximate surface area is 118 Å². The Hall–Kier alpha value is -2.24. The van der Waals surface area contributed by atoms with E-state index in [9.17, 15) is 4.79 Å². The standard InChI is InChI=1S/C14H19N5O/c1-14(2,3)7-13(20)16-8-11-10-19(18-17-11)12-5-4-6-15-9-12/h4-6,9-10H,7-8H2,1-3H3,(H,16,20). The van der Waals surface area contributed by atoms with Gasteiger partial charge in [0.1, 0.15) is 5.69 Å². The number of nitrogens with zero attached hydrogens (tertiary/aromatic N) is 4. The molecule has 0 atom stereocenters. The zero-order valence-electron chi connectivity index (χ0n) is 12.0. The van der Waals surface area contributed by atoms with Crippen molar-refractivity contribution < 1.29 is 4.79 Å². The van der Waals surface area contributed by atoms with Crippen LogP contribution in [-0.4, -0.2) is 25.9 Å². The molecule has 0 aliphatic carbocycles. The maximum Gasteiger partial charge on any atom is 0.220 e. The molecular formula is C14H19N5O. The van der Waals surface area contributed by atoms with Crippen LogP contribution in [0.25, 0.3) is 5.69 Å². The third kappa shape index (κ3) is 4.15. The first-order chi connectivity index (χ1) is 9.44. The molecule has 0 saturated carbocycles. The van der Waals surface area contributed by atoms with Crippen LogP contribution in [0.5, 0.6) is 0 Å². The third-order valence-electron chi connectivity index (χ3n) is 2.61. The van der Waals surface area contributed by atoms with Crippen molar-refractivity contribution in [3.63, 3.8) is 0 Å². The highest BCUT2D eigenvalue weighted by Gasteiger charge is 2.15. The van der Waals surface area contributed by atoms with E-state index in [2.05, 4.69) is 20.6 Å². The van der Waals surface area contributed by atoms with E-state index in [1.165, 1.54) is 0 Å². The Morgan fingerprint density at radius 1 is 1.40 bits per heavy atom. The number of carbonyl (C=O) groups is 1. The van der Waals surface area contributed by atoms with Crippen LogP contribution in [-0.2, 0) is 11.3 Å². The Balaban J connectivity index is 1.92. The summed E-state index contributed by atoms with van der Waals surface area (Å²) in [5.41, 5.74) is 1.54. The van der Waals surface area contributed by atoms with Gasteiger partial charge in [0, 0.05) is 12.6 Å². The van der Waals surface area contributed by atoms with E-state index in [-0.39, 0.29) is 11.3 Å². The van der Waals surface area contributed by atoms with Crippen LogP contribution in [0, 0.1) is 5.41 Å². The van der Waals surface area contributed by atoms with Crippen LogP contribution in [0.2, 0.25) is 0 Å². The lowest BCUT2D eigenvalue weighted by atomic mass is 9.92. The second-order valence-corrected chi connectivity index (χ2v) is 5.88. The number of hydrogen-bond donors (Lipinski definition) is 1. The van der Waals surface area contributed by atoms with Gasteiger partial charge in [0.15, 0.2) is 0 Å². The number of hydrogen-bond acceptors (Lipinski definition) is 4. The summed E-state index contributed by atoms with van der Waals surface area (Å²) >= 11 is 0. The fraction of sp³-hybridized carbons (Fsp3) is 0.429. The molecule has 0 fully saturated rings. The van der Waals surface area contributed by atoms with Gasteiger partial charge in [-0.05, 0) is 17.5 Å². The lowest BCUT2D eigenvalue weighted by Gasteiger charge is -2.16. The molecular weight excluding hydrogens is 254 g/mol. The maximum absolute atomic E-state index is 11.7. The van der Waals surface area contributed by atoms with Gasteiger partial charge in [0.05, 0.1) is 24.6 Å². The minimum absolute atomic E-state index is 0.0165. The highest BCUT2D eigenvalue weighted by atomic mass is 16.1. The van der Waals surface area contributed by atoms with Crippen LogP contribution < -0.4 is 5.32 Å². The van der Waals surface area contributed by atoms with E-state index in [0.29, 0.717) is 13.0 Å². The molecule has 0 aromatic carbocycles. The molecule has 20 heavy (non-hydrogen) atoms. The summed E-state index contributed by atoms with van der Waals surface area (Å²) in [6.07, 6.45) is 5.68. The molecule has 0 aliphatic heterocycles. The molecule has 1 N–H and O–H groups in total. The fourth-order valence-corrected chi connectivity index (χ4v) is 1.73. The van der Waals surface area contributed by atoms with Crippen LogP contribution >= 0.6 is 0 Å². The molecule has 106 valence electrons. The van der Waals surface area contributed by atoms with Gasteiger partial charge in [-0.3, -0.25) is 9.78 Å². The molecule has 2 heterocycles.